The summed E-state index contributed by atoms with van der Waals surface area (Å²) in [7, 11) is -3.30. The number of imidazole rings is 1. The molecule has 0 radical (unpaired) electrons. The molecule has 0 saturated carbocycles. The molecular weight excluding hydrogens is 425 g/mol. The van der Waals surface area contributed by atoms with Crippen molar-refractivity contribution >= 4 is 9.84 Å². The monoisotopic (exact) mass is 442 g/mol. The first-order chi connectivity index (χ1) is 14.6. The summed E-state index contributed by atoms with van der Waals surface area (Å²) in [5.74, 6) is 0.178. The lowest BCUT2D eigenvalue weighted by molar-refractivity contribution is -0.137. The van der Waals surface area contributed by atoms with Gasteiger partial charge in [-0.2, -0.15) is 13.2 Å². The number of alkyl halides is 3. The summed E-state index contributed by atoms with van der Waals surface area (Å²) in [6.45, 7) is 0. The van der Waals surface area contributed by atoms with E-state index in [9.17, 15) is 21.6 Å². The standard InChI is InChI=1S/C23H17F3N2O2S/c1-31(29,30)19-11-9-16(10-12-19)17-5-4-6-18(15-17)28-14-13-27-22(28)20-7-2-3-8-21(20)23(24,25)26/h2-15H,1H3. The largest absolute Gasteiger partial charge is 0.417 e. The van der Waals surface area contributed by atoms with E-state index in [1.807, 2.05) is 12.1 Å². The van der Waals surface area contributed by atoms with E-state index in [0.717, 1.165) is 23.4 Å². The second kappa shape index (κ2) is 7.70. The summed E-state index contributed by atoms with van der Waals surface area (Å²) in [5, 5.41) is 0. The predicted molar refractivity (Wildman–Crippen MR) is 113 cm³/mol. The number of rotatable bonds is 4. The molecule has 0 saturated heterocycles. The molecule has 0 spiro atoms. The lowest BCUT2D eigenvalue weighted by Crippen LogP contribution is -2.08. The lowest BCUT2D eigenvalue weighted by atomic mass is 10.0. The zero-order valence-corrected chi connectivity index (χ0v) is 17.2. The normalized spacial score (nSPS) is 12.1. The molecule has 0 amide bonds. The molecular formula is C23H17F3N2O2S. The number of aromatic nitrogens is 2. The highest BCUT2D eigenvalue weighted by Gasteiger charge is 2.34. The molecule has 0 aliphatic rings. The van der Waals surface area contributed by atoms with Crippen LogP contribution >= 0.6 is 0 Å². The molecule has 0 aliphatic carbocycles. The van der Waals surface area contributed by atoms with Crippen molar-refractivity contribution in [1.29, 1.82) is 0 Å². The number of nitrogens with zero attached hydrogens (tertiary/aromatic N) is 2. The van der Waals surface area contributed by atoms with E-state index in [2.05, 4.69) is 4.98 Å². The highest BCUT2D eigenvalue weighted by atomic mass is 32.2. The van der Waals surface area contributed by atoms with E-state index in [1.165, 1.54) is 30.5 Å². The van der Waals surface area contributed by atoms with Gasteiger partial charge in [-0.05, 0) is 41.5 Å². The average Bonchev–Trinajstić information content (AvgIpc) is 3.23. The maximum absolute atomic E-state index is 13.5. The molecule has 4 nitrogen and oxygen atoms in total. The first-order valence-corrected chi connectivity index (χ1v) is 11.1. The smallest absolute Gasteiger partial charge is 0.300 e. The molecule has 1 aromatic heterocycles. The van der Waals surface area contributed by atoms with Crippen LogP contribution in [0.15, 0.2) is 90.1 Å². The Morgan fingerprint density at radius 3 is 2.26 bits per heavy atom. The van der Waals surface area contributed by atoms with E-state index in [4.69, 9.17) is 0 Å². The fourth-order valence-corrected chi connectivity index (χ4v) is 4.00. The van der Waals surface area contributed by atoms with E-state index in [-0.39, 0.29) is 16.3 Å². The van der Waals surface area contributed by atoms with Gasteiger partial charge >= 0.3 is 6.18 Å². The van der Waals surface area contributed by atoms with Crippen LogP contribution in [0, 0.1) is 0 Å². The molecule has 0 unspecified atom stereocenters. The van der Waals surface area contributed by atoms with Crippen LogP contribution in [0.2, 0.25) is 0 Å². The van der Waals surface area contributed by atoms with Gasteiger partial charge in [-0.3, -0.25) is 4.57 Å². The molecule has 0 aliphatic heterocycles. The number of halogens is 3. The van der Waals surface area contributed by atoms with Crippen LogP contribution in [0.5, 0.6) is 0 Å². The zero-order chi connectivity index (χ0) is 22.2. The zero-order valence-electron chi connectivity index (χ0n) is 16.3. The summed E-state index contributed by atoms with van der Waals surface area (Å²) in [6.07, 6.45) is -0.303. The third-order valence-electron chi connectivity index (χ3n) is 4.85. The molecule has 0 bridgehead atoms. The van der Waals surface area contributed by atoms with Crippen molar-refractivity contribution in [2.24, 2.45) is 0 Å². The van der Waals surface area contributed by atoms with Crippen LogP contribution < -0.4 is 0 Å². The first-order valence-electron chi connectivity index (χ1n) is 9.25. The molecule has 0 fully saturated rings. The fraction of sp³-hybridized carbons (Fsp3) is 0.0870. The predicted octanol–water partition coefficient (Wildman–Crippen LogP) is 5.63. The Labute approximate surface area is 177 Å². The van der Waals surface area contributed by atoms with Crippen LogP contribution in [0.1, 0.15) is 5.56 Å². The third-order valence-corrected chi connectivity index (χ3v) is 5.98. The van der Waals surface area contributed by atoms with Crippen molar-refractivity contribution in [3.63, 3.8) is 0 Å². The van der Waals surface area contributed by atoms with Crippen LogP contribution in [0.25, 0.3) is 28.2 Å². The molecule has 3 aromatic carbocycles. The molecule has 158 valence electrons. The summed E-state index contributed by atoms with van der Waals surface area (Å²) >= 11 is 0. The van der Waals surface area contributed by atoms with Crippen LogP contribution in [-0.4, -0.2) is 24.2 Å². The van der Waals surface area contributed by atoms with Crippen molar-refractivity contribution in [1.82, 2.24) is 9.55 Å². The maximum Gasteiger partial charge on any atom is 0.417 e. The van der Waals surface area contributed by atoms with Crippen molar-refractivity contribution in [2.75, 3.05) is 6.26 Å². The topological polar surface area (TPSA) is 52.0 Å². The summed E-state index contributed by atoms with van der Waals surface area (Å²) in [6, 6.07) is 19.0. The Morgan fingerprint density at radius 2 is 1.58 bits per heavy atom. The number of benzene rings is 3. The Kier molecular flexibility index (Phi) is 5.18. The van der Waals surface area contributed by atoms with Crippen molar-refractivity contribution in [3.8, 4) is 28.2 Å². The molecule has 4 rings (SSSR count). The SMILES string of the molecule is CS(=O)(=O)c1ccc(-c2cccc(-n3ccnc3-c3ccccc3C(F)(F)F)c2)cc1. The second-order valence-corrected chi connectivity index (χ2v) is 9.03. The van der Waals surface area contributed by atoms with Crippen LogP contribution in [0.4, 0.5) is 13.2 Å². The van der Waals surface area contributed by atoms with E-state index >= 15 is 0 Å². The van der Waals surface area contributed by atoms with Gasteiger partial charge in [0.1, 0.15) is 5.82 Å². The van der Waals surface area contributed by atoms with Gasteiger partial charge in [0.25, 0.3) is 0 Å². The minimum atomic E-state index is -4.50. The van der Waals surface area contributed by atoms with Gasteiger partial charge in [0.15, 0.2) is 9.84 Å². The van der Waals surface area contributed by atoms with Gasteiger partial charge in [0, 0.05) is 29.9 Å². The van der Waals surface area contributed by atoms with Crippen molar-refractivity contribution < 1.29 is 21.6 Å². The van der Waals surface area contributed by atoms with Gasteiger partial charge < -0.3 is 0 Å². The fourth-order valence-electron chi connectivity index (χ4n) is 3.37. The molecule has 31 heavy (non-hydrogen) atoms. The highest BCUT2D eigenvalue weighted by molar-refractivity contribution is 7.90. The number of hydrogen-bond donors (Lipinski definition) is 0. The lowest BCUT2D eigenvalue weighted by Gasteiger charge is -2.14. The third kappa shape index (κ3) is 4.25. The molecule has 0 N–H and O–H groups in total. The Morgan fingerprint density at radius 1 is 0.871 bits per heavy atom. The van der Waals surface area contributed by atoms with Gasteiger partial charge in [0.05, 0.1) is 10.5 Å². The second-order valence-electron chi connectivity index (χ2n) is 7.01. The highest BCUT2D eigenvalue weighted by Crippen LogP contribution is 2.37. The molecule has 8 heteroatoms. The quantitative estimate of drug-likeness (QED) is 0.412. The van der Waals surface area contributed by atoms with Crippen LogP contribution in [-0.2, 0) is 16.0 Å². The summed E-state index contributed by atoms with van der Waals surface area (Å²) in [5.41, 5.74) is 1.44. The van der Waals surface area contributed by atoms with Gasteiger partial charge in [0.2, 0.25) is 0 Å². The number of hydrogen-bond acceptors (Lipinski definition) is 3. The van der Waals surface area contributed by atoms with E-state index in [1.54, 1.807) is 41.1 Å². The maximum atomic E-state index is 13.5. The summed E-state index contributed by atoms with van der Waals surface area (Å²) < 4.78 is 65.4. The Hall–Kier alpha value is -3.39. The minimum absolute atomic E-state index is 0.0112. The molecule has 4 aromatic rings. The van der Waals surface area contributed by atoms with Gasteiger partial charge in [-0.25, -0.2) is 13.4 Å². The van der Waals surface area contributed by atoms with Crippen LogP contribution in [0.3, 0.4) is 0 Å². The van der Waals surface area contributed by atoms with Gasteiger partial charge in [-0.15, -0.1) is 0 Å². The van der Waals surface area contributed by atoms with Crippen molar-refractivity contribution in [2.45, 2.75) is 11.1 Å². The molecule has 1 heterocycles. The molecule has 0 atom stereocenters. The Balaban J connectivity index is 1.77. The Bertz CT molecular complexity index is 1340. The van der Waals surface area contributed by atoms with Gasteiger partial charge in [-0.1, -0.05) is 42.5 Å². The average molecular weight is 442 g/mol. The van der Waals surface area contributed by atoms with Crippen molar-refractivity contribution in [3.05, 3.63) is 90.8 Å². The minimum Gasteiger partial charge on any atom is -0.300 e. The first kappa shape index (κ1) is 20.9. The number of sulfone groups is 1. The van der Waals surface area contributed by atoms with E-state index < -0.39 is 21.6 Å². The summed E-state index contributed by atoms with van der Waals surface area (Å²) in [4.78, 5) is 4.39. The van der Waals surface area contributed by atoms with E-state index in [0.29, 0.717) is 5.69 Å².